The fourth-order valence-electron chi connectivity index (χ4n) is 2.70. The number of amides is 2. The molecule has 0 saturated heterocycles. The van der Waals surface area contributed by atoms with Crippen molar-refractivity contribution in [3.05, 3.63) is 34.7 Å². The Labute approximate surface area is 159 Å². The predicted octanol–water partition coefficient (Wildman–Crippen LogP) is 3.73. The smallest absolute Gasteiger partial charge is 0.267 e. The topological polar surface area (TPSA) is 55.8 Å². The minimum absolute atomic E-state index is 0.0816. The first kappa shape index (κ1) is 20.5. The van der Waals surface area contributed by atoms with E-state index in [1.165, 1.54) is 16.7 Å². The average molecular weight is 378 g/mol. The third-order valence-electron chi connectivity index (χ3n) is 3.72. The zero-order chi connectivity index (χ0) is 19.3. The van der Waals surface area contributed by atoms with Crippen LogP contribution in [0, 0.1) is 0 Å². The number of hydrogen-bond donors (Lipinski definition) is 0. The number of rotatable bonds is 9. The lowest BCUT2D eigenvalue weighted by Gasteiger charge is -2.15. The summed E-state index contributed by atoms with van der Waals surface area (Å²) in [5.74, 6) is 0.310. The minimum atomic E-state index is -0.230. The Balaban J connectivity index is 2.32. The van der Waals surface area contributed by atoms with E-state index in [2.05, 4.69) is 0 Å². The molecule has 0 aliphatic carbocycles. The fraction of sp³-hybridized carbons (Fsp3) is 0.500. The van der Waals surface area contributed by atoms with Crippen LogP contribution in [-0.2, 0) is 14.3 Å². The van der Waals surface area contributed by atoms with Crippen molar-refractivity contribution in [3.8, 4) is 5.75 Å². The highest BCUT2D eigenvalue weighted by atomic mass is 32.2. The zero-order valence-electron chi connectivity index (χ0n) is 16.1. The summed E-state index contributed by atoms with van der Waals surface area (Å²) in [6.45, 7) is 8.84. The molecule has 1 aliphatic rings. The maximum Gasteiger partial charge on any atom is 0.267 e. The maximum atomic E-state index is 12.9. The van der Waals surface area contributed by atoms with Gasteiger partial charge in [0.05, 0.1) is 16.6 Å². The SMILES string of the molecule is COCCCN1C(=O)C(SC(C)C)=C(c2ccc(OC(C)C)cc2)C1=O. The fourth-order valence-corrected chi connectivity index (χ4v) is 3.70. The highest BCUT2D eigenvalue weighted by Gasteiger charge is 2.39. The zero-order valence-corrected chi connectivity index (χ0v) is 16.9. The van der Waals surface area contributed by atoms with Gasteiger partial charge in [-0.2, -0.15) is 0 Å². The molecular formula is C20H27NO4S. The van der Waals surface area contributed by atoms with Crippen LogP contribution >= 0.6 is 11.8 Å². The summed E-state index contributed by atoms with van der Waals surface area (Å²) in [4.78, 5) is 27.6. The van der Waals surface area contributed by atoms with Crippen LogP contribution in [0.15, 0.2) is 29.2 Å². The van der Waals surface area contributed by atoms with E-state index < -0.39 is 0 Å². The quantitative estimate of drug-likeness (QED) is 0.485. The van der Waals surface area contributed by atoms with E-state index >= 15 is 0 Å². The van der Waals surface area contributed by atoms with Crippen molar-refractivity contribution in [1.29, 1.82) is 0 Å². The Morgan fingerprint density at radius 1 is 1.04 bits per heavy atom. The summed E-state index contributed by atoms with van der Waals surface area (Å²) in [6.07, 6.45) is 0.709. The summed E-state index contributed by atoms with van der Waals surface area (Å²) in [7, 11) is 1.61. The molecule has 0 N–H and O–H groups in total. The monoisotopic (exact) mass is 377 g/mol. The van der Waals surface area contributed by atoms with E-state index in [1.54, 1.807) is 7.11 Å². The van der Waals surface area contributed by atoms with Gasteiger partial charge in [0.25, 0.3) is 11.8 Å². The standard InChI is InChI=1S/C20H27NO4S/c1-13(2)25-16-9-7-15(8-10-16)17-18(26-14(3)4)20(23)21(19(17)22)11-6-12-24-5/h7-10,13-14H,6,11-12H2,1-5H3. The molecule has 6 heteroatoms. The van der Waals surface area contributed by atoms with Crippen molar-refractivity contribution in [3.63, 3.8) is 0 Å². The van der Waals surface area contributed by atoms with Gasteiger partial charge in [0, 0.05) is 25.5 Å². The Kier molecular flexibility index (Phi) is 7.29. The lowest BCUT2D eigenvalue weighted by Crippen LogP contribution is -2.33. The van der Waals surface area contributed by atoms with Gasteiger partial charge < -0.3 is 9.47 Å². The Morgan fingerprint density at radius 2 is 1.69 bits per heavy atom. The van der Waals surface area contributed by atoms with Crippen molar-refractivity contribution >= 4 is 29.1 Å². The van der Waals surface area contributed by atoms with Crippen LogP contribution in [0.4, 0.5) is 0 Å². The van der Waals surface area contributed by atoms with Crippen molar-refractivity contribution in [1.82, 2.24) is 4.90 Å². The number of imide groups is 1. The van der Waals surface area contributed by atoms with E-state index in [-0.39, 0.29) is 23.2 Å². The van der Waals surface area contributed by atoms with Crippen LogP contribution in [0.2, 0.25) is 0 Å². The summed E-state index contributed by atoms with van der Waals surface area (Å²) in [6, 6.07) is 7.37. The van der Waals surface area contributed by atoms with E-state index in [0.717, 1.165) is 11.3 Å². The number of methoxy groups -OCH3 is 1. The number of nitrogens with zero attached hydrogens (tertiary/aromatic N) is 1. The molecular weight excluding hydrogens is 350 g/mol. The molecule has 0 saturated carbocycles. The first-order valence-corrected chi connectivity index (χ1v) is 9.76. The second kappa shape index (κ2) is 9.24. The second-order valence-electron chi connectivity index (χ2n) is 6.67. The molecule has 1 aromatic rings. The predicted molar refractivity (Wildman–Crippen MR) is 105 cm³/mol. The minimum Gasteiger partial charge on any atom is -0.491 e. The van der Waals surface area contributed by atoms with Gasteiger partial charge in [-0.05, 0) is 38.0 Å². The Bertz CT molecular complexity index is 680. The Hall–Kier alpha value is -1.79. The largest absolute Gasteiger partial charge is 0.491 e. The molecule has 0 unspecified atom stereocenters. The number of thioether (sulfide) groups is 1. The summed E-state index contributed by atoms with van der Waals surface area (Å²) >= 11 is 1.44. The van der Waals surface area contributed by atoms with Crippen LogP contribution in [0.1, 0.15) is 39.7 Å². The second-order valence-corrected chi connectivity index (χ2v) is 8.26. The van der Waals surface area contributed by atoms with Gasteiger partial charge in [-0.1, -0.05) is 26.0 Å². The number of ether oxygens (including phenoxy) is 2. The molecule has 0 spiro atoms. The number of hydrogen-bond acceptors (Lipinski definition) is 5. The molecule has 0 atom stereocenters. The van der Waals surface area contributed by atoms with Crippen LogP contribution in [0.5, 0.6) is 5.75 Å². The van der Waals surface area contributed by atoms with Crippen LogP contribution in [0.3, 0.4) is 0 Å². The third-order valence-corrected chi connectivity index (χ3v) is 4.81. The first-order valence-electron chi connectivity index (χ1n) is 8.88. The van der Waals surface area contributed by atoms with Crippen LogP contribution < -0.4 is 4.74 Å². The lowest BCUT2D eigenvalue weighted by atomic mass is 10.1. The van der Waals surface area contributed by atoms with Gasteiger partial charge >= 0.3 is 0 Å². The molecule has 0 radical (unpaired) electrons. The van der Waals surface area contributed by atoms with Crippen molar-refractivity contribution in [2.75, 3.05) is 20.3 Å². The number of carbonyl (C=O) groups excluding carboxylic acids is 2. The first-order chi connectivity index (χ1) is 12.3. The molecule has 0 bridgehead atoms. The van der Waals surface area contributed by atoms with E-state index in [4.69, 9.17) is 9.47 Å². The van der Waals surface area contributed by atoms with Crippen LogP contribution in [-0.4, -0.2) is 48.3 Å². The number of benzene rings is 1. The third kappa shape index (κ3) is 4.89. The van der Waals surface area contributed by atoms with Crippen molar-refractivity contribution < 1.29 is 19.1 Å². The van der Waals surface area contributed by atoms with E-state index in [1.807, 2.05) is 52.0 Å². The lowest BCUT2D eigenvalue weighted by molar-refractivity contribution is -0.136. The molecule has 26 heavy (non-hydrogen) atoms. The van der Waals surface area contributed by atoms with Gasteiger partial charge in [-0.15, -0.1) is 11.8 Å². The molecule has 2 rings (SSSR count). The highest BCUT2D eigenvalue weighted by molar-refractivity contribution is 8.04. The van der Waals surface area contributed by atoms with E-state index in [0.29, 0.717) is 30.1 Å². The average Bonchev–Trinajstić information content (AvgIpc) is 2.79. The van der Waals surface area contributed by atoms with Crippen molar-refractivity contribution in [2.24, 2.45) is 0 Å². The molecule has 1 heterocycles. The van der Waals surface area contributed by atoms with E-state index in [9.17, 15) is 9.59 Å². The van der Waals surface area contributed by atoms with Gasteiger partial charge in [0.15, 0.2) is 0 Å². The molecule has 142 valence electrons. The van der Waals surface area contributed by atoms with Crippen LogP contribution in [0.25, 0.3) is 5.57 Å². The molecule has 1 aromatic carbocycles. The summed E-state index contributed by atoms with van der Waals surface area (Å²) in [5.41, 5.74) is 1.24. The van der Waals surface area contributed by atoms with Gasteiger partial charge in [-0.3, -0.25) is 14.5 Å². The molecule has 1 aliphatic heterocycles. The van der Waals surface area contributed by atoms with Gasteiger partial charge in [0.2, 0.25) is 0 Å². The number of carbonyl (C=O) groups is 2. The van der Waals surface area contributed by atoms with Gasteiger partial charge in [0.1, 0.15) is 5.75 Å². The normalized spacial score (nSPS) is 15.0. The molecule has 0 aromatic heterocycles. The highest BCUT2D eigenvalue weighted by Crippen LogP contribution is 2.38. The molecule has 5 nitrogen and oxygen atoms in total. The van der Waals surface area contributed by atoms with Crippen molar-refractivity contribution in [2.45, 2.75) is 45.5 Å². The molecule has 0 fully saturated rings. The molecule has 2 amide bonds. The van der Waals surface area contributed by atoms with Gasteiger partial charge in [-0.25, -0.2) is 0 Å². The summed E-state index contributed by atoms with van der Waals surface area (Å²) in [5, 5.41) is 0.208. The summed E-state index contributed by atoms with van der Waals surface area (Å²) < 4.78 is 10.7. The Morgan fingerprint density at radius 3 is 2.23 bits per heavy atom. The maximum absolute atomic E-state index is 12.9.